The topological polar surface area (TPSA) is 117 Å². The number of rotatable bonds is 4. The van der Waals surface area contributed by atoms with E-state index in [9.17, 15) is 24.9 Å². The third-order valence-electron chi connectivity index (χ3n) is 6.64. The number of esters is 2. The zero-order valence-corrected chi connectivity index (χ0v) is 17.4. The first-order chi connectivity index (χ1) is 14.8. The second-order valence-electron chi connectivity index (χ2n) is 8.48. The van der Waals surface area contributed by atoms with Gasteiger partial charge in [0.2, 0.25) is 0 Å². The van der Waals surface area contributed by atoms with Crippen LogP contribution in [0.25, 0.3) is 0 Å². The van der Waals surface area contributed by atoms with Crippen molar-refractivity contribution in [3.63, 3.8) is 0 Å². The van der Waals surface area contributed by atoms with Gasteiger partial charge in [-0.05, 0) is 40.5 Å². The number of carbonyl (C=O) groups excluding carboxylic acids is 3. The van der Waals surface area contributed by atoms with Gasteiger partial charge in [-0.3, -0.25) is 14.4 Å². The minimum atomic E-state index is -1.45. The fraction of sp³-hybridized carbons (Fsp3) is 0.458. The summed E-state index contributed by atoms with van der Waals surface area (Å²) in [5.41, 5.74) is 1.66. The smallest absolute Gasteiger partial charge is 0.302 e. The largest absolute Gasteiger partial charge is 0.461 e. The van der Waals surface area contributed by atoms with Crippen LogP contribution < -0.4 is 0 Å². The fourth-order valence-electron chi connectivity index (χ4n) is 5.28. The van der Waals surface area contributed by atoms with Gasteiger partial charge in [0, 0.05) is 38.2 Å². The first kappa shape index (κ1) is 20.8. The van der Waals surface area contributed by atoms with Crippen LogP contribution in [0.5, 0.6) is 0 Å². The Kier molecular flexibility index (Phi) is 5.15. The van der Waals surface area contributed by atoms with Crippen molar-refractivity contribution in [3.05, 3.63) is 46.1 Å². The van der Waals surface area contributed by atoms with E-state index >= 15 is 0 Å². The first-order valence-corrected chi connectivity index (χ1v) is 10.3. The molecule has 0 radical (unpaired) electrons. The molecule has 1 unspecified atom stereocenters. The van der Waals surface area contributed by atoms with Gasteiger partial charge in [0.05, 0.1) is 12.1 Å². The lowest BCUT2D eigenvalue weighted by Gasteiger charge is -2.36. The van der Waals surface area contributed by atoms with Crippen molar-refractivity contribution >= 4 is 17.7 Å². The summed E-state index contributed by atoms with van der Waals surface area (Å²) in [6, 6.07) is 4.46. The molecule has 0 aromatic rings. The maximum atomic E-state index is 12.9. The van der Waals surface area contributed by atoms with Crippen LogP contribution in [-0.2, 0) is 23.9 Å². The maximum Gasteiger partial charge on any atom is 0.302 e. The Hall–Kier alpha value is -3.45. The predicted molar refractivity (Wildman–Crippen MR) is 108 cm³/mol. The number of Topliss-reactive ketones (excluding diaryl/α,β-unsaturated/α-hetero) is 1. The van der Waals surface area contributed by atoms with Crippen molar-refractivity contribution in [2.75, 3.05) is 13.2 Å². The normalized spacial score (nSPS) is 27.5. The van der Waals surface area contributed by atoms with Crippen molar-refractivity contribution in [3.8, 4) is 12.1 Å². The van der Waals surface area contributed by atoms with Gasteiger partial charge >= 0.3 is 11.9 Å². The van der Waals surface area contributed by atoms with E-state index in [2.05, 4.69) is 24.3 Å². The predicted octanol–water partition coefficient (Wildman–Crippen LogP) is 2.86. The summed E-state index contributed by atoms with van der Waals surface area (Å²) in [6.45, 7) is 2.38. The van der Waals surface area contributed by atoms with Gasteiger partial charge in [-0.2, -0.15) is 10.5 Å². The molecule has 31 heavy (non-hydrogen) atoms. The van der Waals surface area contributed by atoms with Crippen LogP contribution in [0, 0.1) is 45.8 Å². The molecule has 158 valence electrons. The van der Waals surface area contributed by atoms with Gasteiger partial charge in [-0.15, -0.1) is 0 Å². The average Bonchev–Trinajstić information content (AvgIpc) is 3.22. The number of hydrogen-bond acceptors (Lipinski definition) is 7. The van der Waals surface area contributed by atoms with E-state index in [0.29, 0.717) is 11.1 Å². The molecule has 0 aliphatic heterocycles. The average molecular weight is 418 g/mol. The van der Waals surface area contributed by atoms with E-state index in [1.807, 2.05) is 6.08 Å². The summed E-state index contributed by atoms with van der Waals surface area (Å²) in [6.07, 6.45) is 7.16. The molecule has 0 amide bonds. The van der Waals surface area contributed by atoms with Crippen molar-refractivity contribution < 1.29 is 23.9 Å². The number of ether oxygens (including phenoxy) is 2. The van der Waals surface area contributed by atoms with Crippen molar-refractivity contribution in [2.24, 2.45) is 23.2 Å². The lowest BCUT2D eigenvalue weighted by atomic mass is 9.65. The van der Waals surface area contributed by atoms with Gasteiger partial charge in [-0.1, -0.05) is 18.2 Å². The molecular formula is C24H22N2O5. The number of carbonyl (C=O) groups is 3. The van der Waals surface area contributed by atoms with Crippen LogP contribution in [0.2, 0.25) is 0 Å². The second kappa shape index (κ2) is 7.67. The molecule has 4 aliphatic rings. The molecule has 4 aliphatic carbocycles. The zero-order chi connectivity index (χ0) is 22.3. The molecular weight excluding hydrogens is 396 g/mol. The van der Waals surface area contributed by atoms with E-state index in [-0.39, 0.29) is 49.6 Å². The van der Waals surface area contributed by atoms with Gasteiger partial charge in [0.1, 0.15) is 13.2 Å². The third-order valence-corrected chi connectivity index (χ3v) is 6.64. The SMILES string of the molecule is CC(=O)OCC1=C2CC(C#N)(C#N)C3=C[C@H]4C=C[C@H](C4)C3C(COC(C)=O)=C2CC1=O. The summed E-state index contributed by atoms with van der Waals surface area (Å²) in [5, 5.41) is 20.3. The second-order valence-corrected chi connectivity index (χ2v) is 8.48. The van der Waals surface area contributed by atoms with Crippen LogP contribution in [-0.4, -0.2) is 30.9 Å². The summed E-state index contributed by atoms with van der Waals surface area (Å²) in [7, 11) is 0. The Labute approximate surface area is 180 Å². The monoisotopic (exact) mass is 418 g/mol. The molecule has 2 bridgehead atoms. The number of hydrogen-bond donors (Lipinski definition) is 0. The number of ketones is 1. The van der Waals surface area contributed by atoms with Gasteiger partial charge in [0.25, 0.3) is 0 Å². The summed E-state index contributed by atoms with van der Waals surface area (Å²) in [5.74, 6) is -1.22. The summed E-state index contributed by atoms with van der Waals surface area (Å²) in [4.78, 5) is 35.8. The van der Waals surface area contributed by atoms with Crippen molar-refractivity contribution in [1.82, 2.24) is 0 Å². The molecule has 0 aromatic carbocycles. The third kappa shape index (κ3) is 3.41. The maximum absolute atomic E-state index is 12.9. The van der Waals surface area contributed by atoms with E-state index in [1.54, 1.807) is 0 Å². The highest BCUT2D eigenvalue weighted by atomic mass is 16.5. The lowest BCUT2D eigenvalue weighted by Crippen LogP contribution is -2.32. The quantitative estimate of drug-likeness (QED) is 0.509. The highest BCUT2D eigenvalue weighted by Gasteiger charge is 2.51. The summed E-state index contributed by atoms with van der Waals surface area (Å²) < 4.78 is 10.5. The highest BCUT2D eigenvalue weighted by molar-refractivity contribution is 6.03. The van der Waals surface area contributed by atoms with Crippen molar-refractivity contribution in [2.45, 2.75) is 33.1 Å². The molecule has 0 saturated carbocycles. The van der Waals surface area contributed by atoms with Gasteiger partial charge < -0.3 is 9.47 Å². The van der Waals surface area contributed by atoms with E-state index in [1.165, 1.54) is 13.8 Å². The van der Waals surface area contributed by atoms with Crippen LogP contribution in [0.1, 0.15) is 33.1 Å². The molecule has 7 nitrogen and oxygen atoms in total. The molecule has 3 atom stereocenters. The molecule has 0 saturated heterocycles. The molecule has 0 aromatic heterocycles. The number of allylic oxidation sites excluding steroid dienone is 6. The van der Waals surface area contributed by atoms with Gasteiger partial charge in [0.15, 0.2) is 11.2 Å². The molecule has 0 N–H and O–H groups in total. The molecule has 0 heterocycles. The minimum absolute atomic E-state index is 0.00770. The van der Waals surface area contributed by atoms with E-state index in [0.717, 1.165) is 23.1 Å². The van der Waals surface area contributed by atoms with E-state index < -0.39 is 17.4 Å². The minimum Gasteiger partial charge on any atom is -0.461 e. The fourth-order valence-corrected chi connectivity index (χ4v) is 5.28. The van der Waals surface area contributed by atoms with Crippen LogP contribution >= 0.6 is 0 Å². The highest BCUT2D eigenvalue weighted by Crippen LogP contribution is 2.56. The summed E-state index contributed by atoms with van der Waals surface area (Å²) >= 11 is 0. The Balaban J connectivity index is 1.94. The Morgan fingerprint density at radius 1 is 1.10 bits per heavy atom. The zero-order valence-electron chi connectivity index (χ0n) is 17.4. The van der Waals surface area contributed by atoms with Crippen molar-refractivity contribution in [1.29, 1.82) is 10.5 Å². The number of nitriles is 2. The molecule has 0 spiro atoms. The van der Waals surface area contributed by atoms with Crippen LogP contribution in [0.15, 0.2) is 46.1 Å². The Morgan fingerprint density at radius 2 is 1.77 bits per heavy atom. The number of nitrogens with zero attached hydrogens (tertiary/aromatic N) is 2. The number of fused-ring (bicyclic) bond motifs is 5. The molecule has 4 rings (SSSR count). The molecule has 7 heteroatoms. The molecule has 0 fully saturated rings. The van der Waals surface area contributed by atoms with Crippen LogP contribution in [0.4, 0.5) is 0 Å². The standard InChI is InChI=1S/C24H22N2O5/c1-13(27)30-9-19-18-8-24(11-25,12-26)21-6-15-3-4-16(5-15)23(21)20(10-31-14(2)28)17(18)7-22(19)29/h3-4,6,15-16,23H,5,7-10H2,1-2H3/t15-,16+,23?/m0/s1. The Morgan fingerprint density at radius 3 is 2.42 bits per heavy atom. The van der Waals surface area contributed by atoms with Gasteiger partial charge in [-0.25, -0.2) is 0 Å². The van der Waals surface area contributed by atoms with E-state index in [4.69, 9.17) is 9.47 Å². The van der Waals surface area contributed by atoms with Crippen LogP contribution in [0.3, 0.4) is 0 Å². The lowest BCUT2D eigenvalue weighted by molar-refractivity contribution is -0.141. The first-order valence-electron chi connectivity index (χ1n) is 10.3. The Bertz CT molecular complexity index is 1080.